The van der Waals surface area contributed by atoms with Crippen molar-refractivity contribution in [2.24, 2.45) is 0 Å². The molecule has 0 saturated carbocycles. The average Bonchev–Trinajstić information content (AvgIpc) is 2.10. The summed E-state index contributed by atoms with van der Waals surface area (Å²) in [5.74, 6) is -0.00880. The van der Waals surface area contributed by atoms with Gasteiger partial charge in [-0.15, -0.1) is 0 Å². The number of rotatable bonds is 2. The van der Waals surface area contributed by atoms with E-state index < -0.39 is 0 Å². The van der Waals surface area contributed by atoms with Crippen LogP contribution in [0.15, 0.2) is 12.2 Å². The van der Waals surface area contributed by atoms with Crippen molar-refractivity contribution in [3.8, 4) is 0 Å². The number of amides is 1. The summed E-state index contributed by atoms with van der Waals surface area (Å²) in [6.45, 7) is 17.0. The van der Waals surface area contributed by atoms with E-state index in [1.165, 1.54) is 6.92 Å². The van der Waals surface area contributed by atoms with E-state index in [-0.39, 0.29) is 11.9 Å². The molecule has 2 nitrogen and oxygen atoms in total. The molecule has 0 spiro atoms. The lowest BCUT2D eigenvalue weighted by Gasteiger charge is -2.10. The van der Waals surface area contributed by atoms with Crippen molar-refractivity contribution < 1.29 is 4.79 Å². The SMILES string of the molecule is C=C(C)C(C)NC(C)=O.CC.CC. The smallest absolute Gasteiger partial charge is 0.217 e. The molecule has 0 fully saturated rings. The molecule has 0 aliphatic heterocycles. The van der Waals surface area contributed by atoms with E-state index >= 15 is 0 Å². The molecule has 0 bridgehead atoms. The fourth-order valence-corrected chi connectivity index (χ4v) is 0.428. The van der Waals surface area contributed by atoms with Gasteiger partial charge in [-0.3, -0.25) is 4.79 Å². The van der Waals surface area contributed by atoms with Gasteiger partial charge in [0.2, 0.25) is 5.91 Å². The van der Waals surface area contributed by atoms with Crippen molar-refractivity contribution in [1.82, 2.24) is 5.32 Å². The minimum Gasteiger partial charge on any atom is -0.350 e. The fourth-order valence-electron chi connectivity index (χ4n) is 0.428. The van der Waals surface area contributed by atoms with Crippen LogP contribution >= 0.6 is 0 Å². The third kappa shape index (κ3) is 18.3. The zero-order chi connectivity index (χ0) is 11.4. The first kappa shape index (κ1) is 18.1. The Labute approximate surface area is 83.4 Å². The number of nitrogens with one attached hydrogen (secondary N) is 1. The number of carbonyl (C=O) groups excluding carboxylic acids is 1. The van der Waals surface area contributed by atoms with Crippen LogP contribution in [0, 0.1) is 0 Å². The van der Waals surface area contributed by atoms with Gasteiger partial charge in [0, 0.05) is 13.0 Å². The molecule has 80 valence electrons. The Hall–Kier alpha value is -0.790. The quantitative estimate of drug-likeness (QED) is 0.661. The van der Waals surface area contributed by atoms with Gasteiger partial charge in [-0.25, -0.2) is 0 Å². The Morgan fingerprint density at radius 1 is 1.15 bits per heavy atom. The highest BCUT2D eigenvalue weighted by atomic mass is 16.1. The minimum absolute atomic E-state index is 0.00880. The van der Waals surface area contributed by atoms with Crippen molar-refractivity contribution in [2.75, 3.05) is 0 Å². The van der Waals surface area contributed by atoms with Crippen LogP contribution in [0.4, 0.5) is 0 Å². The fraction of sp³-hybridized carbons (Fsp3) is 0.727. The maximum Gasteiger partial charge on any atom is 0.217 e. The summed E-state index contributed by atoms with van der Waals surface area (Å²) < 4.78 is 0. The first-order valence-corrected chi connectivity index (χ1v) is 4.96. The highest BCUT2D eigenvalue weighted by Crippen LogP contribution is 1.94. The Kier molecular flexibility index (Phi) is 19.2. The normalized spacial score (nSPS) is 9.46. The number of hydrogen-bond acceptors (Lipinski definition) is 1. The van der Waals surface area contributed by atoms with Crippen molar-refractivity contribution >= 4 is 5.91 Å². The van der Waals surface area contributed by atoms with Gasteiger partial charge in [0.05, 0.1) is 0 Å². The van der Waals surface area contributed by atoms with Crippen LogP contribution < -0.4 is 5.32 Å². The van der Waals surface area contributed by atoms with Gasteiger partial charge in [-0.05, 0) is 13.8 Å². The highest BCUT2D eigenvalue weighted by molar-refractivity contribution is 5.73. The molecule has 0 aromatic rings. The lowest BCUT2D eigenvalue weighted by atomic mass is 10.2. The molecule has 1 amide bonds. The van der Waals surface area contributed by atoms with Gasteiger partial charge in [0.15, 0.2) is 0 Å². The maximum absolute atomic E-state index is 10.4. The predicted octanol–water partition coefficient (Wildman–Crippen LogP) is 3.14. The zero-order valence-electron chi connectivity index (χ0n) is 10.2. The van der Waals surface area contributed by atoms with Crippen LogP contribution in [0.2, 0.25) is 0 Å². The third-order valence-electron chi connectivity index (χ3n) is 1.16. The average molecular weight is 187 g/mol. The van der Waals surface area contributed by atoms with Crippen molar-refractivity contribution in [3.63, 3.8) is 0 Å². The molecule has 0 aromatic carbocycles. The summed E-state index contributed by atoms with van der Waals surface area (Å²) in [7, 11) is 0. The van der Waals surface area contributed by atoms with Crippen LogP contribution in [0.5, 0.6) is 0 Å². The highest BCUT2D eigenvalue weighted by Gasteiger charge is 2.00. The van der Waals surface area contributed by atoms with E-state index in [0.29, 0.717) is 0 Å². The third-order valence-corrected chi connectivity index (χ3v) is 1.16. The second-order valence-corrected chi connectivity index (χ2v) is 2.27. The summed E-state index contributed by atoms with van der Waals surface area (Å²) in [6, 6.07) is 0.0995. The molecule has 0 heterocycles. The zero-order valence-corrected chi connectivity index (χ0v) is 10.2. The second kappa shape index (κ2) is 13.8. The van der Waals surface area contributed by atoms with Gasteiger partial charge in [0.25, 0.3) is 0 Å². The summed E-state index contributed by atoms with van der Waals surface area (Å²) in [5, 5.41) is 2.70. The second-order valence-electron chi connectivity index (χ2n) is 2.27. The van der Waals surface area contributed by atoms with E-state index in [0.717, 1.165) is 5.57 Å². The molecule has 0 aliphatic rings. The van der Waals surface area contributed by atoms with Gasteiger partial charge in [0.1, 0.15) is 0 Å². The largest absolute Gasteiger partial charge is 0.350 e. The van der Waals surface area contributed by atoms with E-state index in [2.05, 4.69) is 11.9 Å². The standard InChI is InChI=1S/C7H13NO.2C2H6/c1-5(2)6(3)8-7(4)9;2*1-2/h6H,1H2,2-4H3,(H,8,9);2*1-2H3. The monoisotopic (exact) mass is 187 g/mol. The van der Waals surface area contributed by atoms with Crippen molar-refractivity contribution in [1.29, 1.82) is 0 Å². The van der Waals surface area contributed by atoms with Gasteiger partial charge < -0.3 is 5.32 Å². The summed E-state index contributed by atoms with van der Waals surface area (Å²) in [5.41, 5.74) is 0.977. The summed E-state index contributed by atoms with van der Waals surface area (Å²) in [6.07, 6.45) is 0. The van der Waals surface area contributed by atoms with Gasteiger partial charge in [-0.1, -0.05) is 39.8 Å². The molecule has 2 heteroatoms. The van der Waals surface area contributed by atoms with E-state index in [4.69, 9.17) is 0 Å². The Bertz CT molecular complexity index is 130. The summed E-state index contributed by atoms with van der Waals surface area (Å²) >= 11 is 0. The molecular weight excluding hydrogens is 162 g/mol. The van der Waals surface area contributed by atoms with Crippen LogP contribution in [0.25, 0.3) is 0 Å². The molecule has 13 heavy (non-hydrogen) atoms. The molecule has 1 unspecified atom stereocenters. The molecule has 0 radical (unpaired) electrons. The molecular formula is C11H25NO. The molecule has 1 N–H and O–H groups in total. The van der Waals surface area contributed by atoms with E-state index in [1.54, 1.807) is 0 Å². The predicted molar refractivity (Wildman–Crippen MR) is 60.8 cm³/mol. The van der Waals surface area contributed by atoms with Crippen LogP contribution in [0.3, 0.4) is 0 Å². The van der Waals surface area contributed by atoms with Crippen molar-refractivity contribution in [3.05, 3.63) is 12.2 Å². The Morgan fingerprint density at radius 2 is 1.46 bits per heavy atom. The van der Waals surface area contributed by atoms with Gasteiger partial charge in [-0.2, -0.15) is 0 Å². The number of carbonyl (C=O) groups is 1. The lowest BCUT2D eigenvalue weighted by Crippen LogP contribution is -2.30. The number of hydrogen-bond donors (Lipinski definition) is 1. The topological polar surface area (TPSA) is 29.1 Å². The molecule has 0 saturated heterocycles. The molecule has 0 aromatic heterocycles. The first-order valence-electron chi connectivity index (χ1n) is 4.96. The molecule has 1 atom stereocenters. The molecule has 0 rings (SSSR count). The maximum atomic E-state index is 10.4. The van der Waals surface area contributed by atoms with Crippen LogP contribution in [-0.4, -0.2) is 11.9 Å². The Morgan fingerprint density at radius 3 is 1.54 bits per heavy atom. The molecule has 0 aliphatic carbocycles. The first-order chi connectivity index (χ1) is 6.04. The lowest BCUT2D eigenvalue weighted by molar-refractivity contribution is -0.119. The van der Waals surface area contributed by atoms with Crippen LogP contribution in [-0.2, 0) is 4.79 Å². The Balaban J connectivity index is -0.000000218. The van der Waals surface area contributed by atoms with E-state index in [9.17, 15) is 4.79 Å². The minimum atomic E-state index is -0.00880. The summed E-state index contributed by atoms with van der Waals surface area (Å²) in [4.78, 5) is 10.4. The van der Waals surface area contributed by atoms with Crippen LogP contribution in [0.1, 0.15) is 48.5 Å². The van der Waals surface area contributed by atoms with Gasteiger partial charge >= 0.3 is 0 Å². The van der Waals surface area contributed by atoms with Crippen molar-refractivity contribution in [2.45, 2.75) is 54.5 Å². The van der Waals surface area contributed by atoms with E-state index in [1.807, 2.05) is 41.5 Å².